The van der Waals surface area contributed by atoms with Crippen molar-refractivity contribution in [1.29, 1.82) is 0 Å². The van der Waals surface area contributed by atoms with Crippen LogP contribution in [0.15, 0.2) is 33.3 Å². The van der Waals surface area contributed by atoms with Crippen molar-refractivity contribution in [2.24, 2.45) is 7.05 Å². The second-order valence-corrected chi connectivity index (χ2v) is 6.21. The van der Waals surface area contributed by atoms with Crippen molar-refractivity contribution in [2.45, 2.75) is 13.0 Å². The summed E-state index contributed by atoms with van der Waals surface area (Å²) in [6.07, 6.45) is 2.90. The Labute approximate surface area is 135 Å². The van der Waals surface area contributed by atoms with Crippen LogP contribution < -0.4 is 10.1 Å². The first-order valence-corrected chi connectivity index (χ1v) is 7.90. The minimum atomic E-state index is 0.814. The van der Waals surface area contributed by atoms with Gasteiger partial charge in [-0.05, 0) is 55.6 Å². The summed E-state index contributed by atoms with van der Waals surface area (Å²) in [4.78, 5) is 0. The second kappa shape index (κ2) is 7.24. The molecule has 1 heterocycles. The Kier molecular flexibility index (Phi) is 5.63. The molecule has 108 valence electrons. The Hall–Kier alpha value is -0.850. The molecule has 20 heavy (non-hydrogen) atoms. The lowest BCUT2D eigenvalue weighted by Crippen LogP contribution is -2.17. The highest BCUT2D eigenvalue weighted by Crippen LogP contribution is 2.34. The summed E-state index contributed by atoms with van der Waals surface area (Å²) in [5.41, 5.74) is 2.31. The van der Waals surface area contributed by atoms with Crippen LogP contribution in [0.25, 0.3) is 0 Å². The summed E-state index contributed by atoms with van der Waals surface area (Å²) < 4.78 is 9.03. The highest BCUT2D eigenvalue weighted by Gasteiger charge is 2.07. The Balaban J connectivity index is 1.85. The van der Waals surface area contributed by atoms with Crippen LogP contribution in [0, 0.1) is 0 Å². The monoisotopic (exact) mass is 401 g/mol. The van der Waals surface area contributed by atoms with Gasteiger partial charge in [-0.2, -0.15) is 5.10 Å². The van der Waals surface area contributed by atoms with E-state index >= 15 is 0 Å². The Morgan fingerprint density at radius 1 is 1.30 bits per heavy atom. The van der Waals surface area contributed by atoms with Crippen LogP contribution in [0.4, 0.5) is 0 Å². The number of aromatic nitrogens is 2. The molecule has 0 atom stereocenters. The predicted molar refractivity (Wildman–Crippen MR) is 87.0 cm³/mol. The third kappa shape index (κ3) is 4.07. The number of benzene rings is 1. The van der Waals surface area contributed by atoms with E-state index in [9.17, 15) is 0 Å². The molecule has 2 aromatic rings. The highest BCUT2D eigenvalue weighted by molar-refractivity contribution is 9.11. The topological polar surface area (TPSA) is 39.1 Å². The first-order chi connectivity index (χ1) is 9.60. The number of rotatable bonds is 6. The van der Waals surface area contributed by atoms with Gasteiger partial charge in [0.1, 0.15) is 5.75 Å². The van der Waals surface area contributed by atoms with Crippen LogP contribution in [-0.4, -0.2) is 23.4 Å². The second-order valence-electron chi connectivity index (χ2n) is 4.50. The Morgan fingerprint density at radius 3 is 2.55 bits per heavy atom. The van der Waals surface area contributed by atoms with Gasteiger partial charge < -0.3 is 10.1 Å². The van der Waals surface area contributed by atoms with Gasteiger partial charge in [-0.15, -0.1) is 0 Å². The SMILES string of the molecule is COc1c(Br)cc(CNCCc2ccn(C)n2)cc1Br. The van der Waals surface area contributed by atoms with Gasteiger partial charge >= 0.3 is 0 Å². The van der Waals surface area contributed by atoms with E-state index in [2.05, 4.69) is 54.4 Å². The molecule has 0 bridgehead atoms. The summed E-state index contributed by atoms with van der Waals surface area (Å²) in [6, 6.07) is 6.18. The predicted octanol–water partition coefficient (Wildman–Crippen LogP) is 3.29. The number of ether oxygens (including phenoxy) is 1. The lowest BCUT2D eigenvalue weighted by Gasteiger charge is -2.10. The summed E-state index contributed by atoms with van der Waals surface area (Å²) in [5.74, 6) is 0.822. The average Bonchev–Trinajstić information content (AvgIpc) is 2.80. The zero-order chi connectivity index (χ0) is 14.5. The normalized spacial score (nSPS) is 10.8. The number of aryl methyl sites for hydroxylation is 1. The maximum atomic E-state index is 5.29. The number of hydrogen-bond acceptors (Lipinski definition) is 3. The molecule has 4 nitrogen and oxygen atoms in total. The van der Waals surface area contributed by atoms with Crippen LogP contribution in [0.1, 0.15) is 11.3 Å². The standard InChI is InChI=1S/C14H17Br2N3O/c1-19-6-4-11(18-19)3-5-17-9-10-7-12(15)14(20-2)13(16)8-10/h4,6-8,17H,3,5,9H2,1-2H3. The van der Waals surface area contributed by atoms with Gasteiger partial charge in [0.25, 0.3) is 0 Å². The zero-order valence-electron chi connectivity index (χ0n) is 11.5. The fourth-order valence-electron chi connectivity index (χ4n) is 1.96. The van der Waals surface area contributed by atoms with E-state index in [1.807, 2.05) is 24.0 Å². The molecular weight excluding hydrogens is 386 g/mol. The van der Waals surface area contributed by atoms with Crippen LogP contribution >= 0.6 is 31.9 Å². The maximum absolute atomic E-state index is 5.29. The fourth-order valence-corrected chi connectivity index (χ4v) is 3.56. The first kappa shape index (κ1) is 15.5. The number of halogens is 2. The van der Waals surface area contributed by atoms with Gasteiger partial charge in [0.05, 0.1) is 21.7 Å². The number of hydrogen-bond donors (Lipinski definition) is 1. The third-order valence-electron chi connectivity index (χ3n) is 2.92. The van der Waals surface area contributed by atoms with E-state index < -0.39 is 0 Å². The van der Waals surface area contributed by atoms with E-state index in [4.69, 9.17) is 4.74 Å². The number of methoxy groups -OCH3 is 1. The molecule has 0 spiro atoms. The van der Waals surface area contributed by atoms with Gasteiger partial charge in [-0.1, -0.05) is 0 Å². The smallest absolute Gasteiger partial charge is 0.147 e. The van der Waals surface area contributed by atoms with E-state index in [1.165, 1.54) is 5.56 Å². The van der Waals surface area contributed by atoms with Crippen molar-refractivity contribution >= 4 is 31.9 Å². The third-order valence-corrected chi connectivity index (χ3v) is 4.10. The minimum absolute atomic E-state index is 0.814. The number of nitrogens with zero attached hydrogens (tertiary/aromatic N) is 2. The molecule has 6 heteroatoms. The van der Waals surface area contributed by atoms with E-state index in [0.717, 1.165) is 39.9 Å². The zero-order valence-corrected chi connectivity index (χ0v) is 14.7. The van der Waals surface area contributed by atoms with Crippen molar-refractivity contribution in [3.05, 3.63) is 44.6 Å². The van der Waals surface area contributed by atoms with Gasteiger partial charge in [-0.25, -0.2) is 0 Å². The molecular formula is C14H17Br2N3O. The van der Waals surface area contributed by atoms with E-state index in [1.54, 1.807) is 7.11 Å². The molecule has 1 N–H and O–H groups in total. The van der Waals surface area contributed by atoms with E-state index in [-0.39, 0.29) is 0 Å². The summed E-state index contributed by atoms with van der Waals surface area (Å²) in [7, 11) is 3.60. The van der Waals surface area contributed by atoms with Crippen molar-refractivity contribution in [2.75, 3.05) is 13.7 Å². The largest absolute Gasteiger partial charge is 0.494 e. The Bertz CT molecular complexity index is 561. The fraction of sp³-hybridized carbons (Fsp3) is 0.357. The van der Waals surface area contributed by atoms with Crippen LogP contribution in [0.5, 0.6) is 5.75 Å². The van der Waals surface area contributed by atoms with Crippen LogP contribution in [0.2, 0.25) is 0 Å². The molecule has 0 saturated carbocycles. The molecule has 0 unspecified atom stereocenters. The van der Waals surface area contributed by atoms with Crippen molar-refractivity contribution in [3.63, 3.8) is 0 Å². The first-order valence-electron chi connectivity index (χ1n) is 6.31. The van der Waals surface area contributed by atoms with Crippen LogP contribution in [-0.2, 0) is 20.0 Å². The Morgan fingerprint density at radius 2 is 2.00 bits per heavy atom. The van der Waals surface area contributed by atoms with Gasteiger partial charge in [-0.3, -0.25) is 4.68 Å². The molecule has 0 aliphatic rings. The van der Waals surface area contributed by atoms with Gasteiger partial charge in [0.15, 0.2) is 0 Å². The molecule has 0 radical (unpaired) electrons. The molecule has 0 aliphatic carbocycles. The van der Waals surface area contributed by atoms with Crippen molar-refractivity contribution in [3.8, 4) is 5.75 Å². The molecule has 1 aromatic heterocycles. The summed E-state index contributed by atoms with van der Waals surface area (Å²) >= 11 is 7.02. The number of nitrogens with one attached hydrogen (secondary N) is 1. The minimum Gasteiger partial charge on any atom is -0.494 e. The molecule has 0 saturated heterocycles. The van der Waals surface area contributed by atoms with Crippen molar-refractivity contribution < 1.29 is 4.74 Å². The summed E-state index contributed by atoms with van der Waals surface area (Å²) in [5, 5.41) is 7.77. The molecule has 0 amide bonds. The molecule has 2 rings (SSSR count). The summed E-state index contributed by atoms with van der Waals surface area (Å²) in [6.45, 7) is 1.71. The van der Waals surface area contributed by atoms with Crippen molar-refractivity contribution in [1.82, 2.24) is 15.1 Å². The van der Waals surface area contributed by atoms with Crippen LogP contribution in [0.3, 0.4) is 0 Å². The highest BCUT2D eigenvalue weighted by atomic mass is 79.9. The quantitative estimate of drug-likeness (QED) is 0.753. The maximum Gasteiger partial charge on any atom is 0.147 e. The lowest BCUT2D eigenvalue weighted by atomic mass is 10.2. The van der Waals surface area contributed by atoms with E-state index in [0.29, 0.717) is 0 Å². The molecule has 1 aromatic carbocycles. The molecule has 0 aliphatic heterocycles. The van der Waals surface area contributed by atoms with Gasteiger partial charge in [0.2, 0.25) is 0 Å². The lowest BCUT2D eigenvalue weighted by molar-refractivity contribution is 0.409. The molecule has 0 fully saturated rings. The average molecular weight is 403 g/mol. The van der Waals surface area contributed by atoms with Gasteiger partial charge in [0, 0.05) is 32.8 Å².